The summed E-state index contributed by atoms with van der Waals surface area (Å²) in [4.78, 5) is 26.1. The summed E-state index contributed by atoms with van der Waals surface area (Å²) in [6, 6.07) is 13.6. The number of amides is 2. The number of carbonyl (C=O) groups excluding carboxylic acids is 2. The van der Waals surface area contributed by atoms with E-state index in [4.69, 9.17) is 0 Å². The van der Waals surface area contributed by atoms with Gasteiger partial charge in [-0.3, -0.25) is 9.59 Å². The summed E-state index contributed by atoms with van der Waals surface area (Å²) in [6.45, 7) is 2.41. The lowest BCUT2D eigenvalue weighted by atomic mass is 10.1. The Balaban J connectivity index is 1.58. The van der Waals surface area contributed by atoms with Crippen molar-refractivity contribution in [3.63, 3.8) is 0 Å². The molecule has 0 spiro atoms. The maximum absolute atomic E-state index is 12.8. The molecule has 2 aromatic rings. The van der Waals surface area contributed by atoms with Crippen LogP contribution >= 0.6 is 0 Å². The highest BCUT2D eigenvalue weighted by Gasteiger charge is 2.35. The second-order valence-electron chi connectivity index (χ2n) is 6.21. The molecule has 0 saturated carbocycles. The fourth-order valence-corrected chi connectivity index (χ4v) is 2.85. The monoisotopic (exact) mass is 353 g/mol. The first-order valence-corrected chi connectivity index (χ1v) is 8.54. The van der Waals surface area contributed by atoms with Crippen molar-refractivity contribution in [1.82, 2.24) is 5.43 Å². The van der Waals surface area contributed by atoms with E-state index < -0.39 is 5.92 Å². The molecule has 0 aromatic heterocycles. The molecule has 1 saturated heterocycles. The Morgan fingerprint density at radius 1 is 1.23 bits per heavy atom. The summed E-state index contributed by atoms with van der Waals surface area (Å²) < 4.78 is 12.8. The van der Waals surface area contributed by atoms with E-state index in [0.29, 0.717) is 12.1 Å². The van der Waals surface area contributed by atoms with Crippen LogP contribution in [0.5, 0.6) is 0 Å². The standard InChI is InChI=1S/C20H20FN3O2/c1-2-14-5-9-18(10-6-14)24-13-16(11-19(24)25)20(26)23-22-12-15-3-7-17(21)8-4-15/h3-10,12,16H,2,11,13H2,1H3,(H,23,26)/b22-12-/t16-/m0/s1. The smallest absolute Gasteiger partial charge is 0.245 e. The zero-order valence-corrected chi connectivity index (χ0v) is 14.5. The summed E-state index contributed by atoms with van der Waals surface area (Å²) in [6.07, 6.45) is 2.54. The molecular formula is C20H20FN3O2. The van der Waals surface area contributed by atoms with Crippen molar-refractivity contribution in [1.29, 1.82) is 0 Å². The predicted octanol–water partition coefficient (Wildman–Crippen LogP) is 2.89. The third-order valence-corrected chi connectivity index (χ3v) is 4.41. The van der Waals surface area contributed by atoms with Gasteiger partial charge in [0.2, 0.25) is 11.8 Å². The van der Waals surface area contributed by atoms with Gasteiger partial charge in [-0.15, -0.1) is 0 Å². The second kappa shape index (κ2) is 7.91. The van der Waals surface area contributed by atoms with E-state index >= 15 is 0 Å². The number of hydrazone groups is 1. The number of aryl methyl sites for hydroxylation is 1. The number of hydrogen-bond acceptors (Lipinski definition) is 3. The largest absolute Gasteiger partial charge is 0.312 e. The molecule has 1 fully saturated rings. The molecule has 1 N–H and O–H groups in total. The van der Waals surface area contributed by atoms with Crippen molar-refractivity contribution in [2.45, 2.75) is 19.8 Å². The number of carbonyl (C=O) groups is 2. The van der Waals surface area contributed by atoms with Crippen molar-refractivity contribution in [2.24, 2.45) is 11.0 Å². The van der Waals surface area contributed by atoms with E-state index in [1.807, 2.05) is 24.3 Å². The average Bonchev–Trinajstić information content (AvgIpc) is 3.05. The molecule has 134 valence electrons. The molecule has 1 atom stereocenters. The lowest BCUT2D eigenvalue weighted by Crippen LogP contribution is -2.30. The first-order valence-electron chi connectivity index (χ1n) is 8.54. The van der Waals surface area contributed by atoms with Crippen LogP contribution in [0, 0.1) is 11.7 Å². The lowest BCUT2D eigenvalue weighted by Gasteiger charge is -2.16. The Morgan fingerprint density at radius 3 is 2.58 bits per heavy atom. The number of halogens is 1. The van der Waals surface area contributed by atoms with Gasteiger partial charge in [0.05, 0.1) is 12.1 Å². The highest BCUT2D eigenvalue weighted by Crippen LogP contribution is 2.25. The Kier molecular flexibility index (Phi) is 5.41. The van der Waals surface area contributed by atoms with Crippen LogP contribution in [-0.2, 0) is 16.0 Å². The van der Waals surface area contributed by atoms with Gasteiger partial charge in [-0.2, -0.15) is 5.10 Å². The molecule has 26 heavy (non-hydrogen) atoms. The highest BCUT2D eigenvalue weighted by molar-refractivity contribution is 6.00. The van der Waals surface area contributed by atoms with E-state index in [9.17, 15) is 14.0 Å². The van der Waals surface area contributed by atoms with E-state index in [1.54, 1.807) is 17.0 Å². The van der Waals surface area contributed by atoms with Crippen molar-refractivity contribution in [3.05, 3.63) is 65.5 Å². The Labute approximate surface area is 151 Å². The van der Waals surface area contributed by atoms with E-state index in [2.05, 4.69) is 17.5 Å². The van der Waals surface area contributed by atoms with Gasteiger partial charge < -0.3 is 4.90 Å². The molecule has 1 aliphatic rings. The third kappa shape index (κ3) is 4.14. The zero-order chi connectivity index (χ0) is 18.5. The van der Waals surface area contributed by atoms with Crippen molar-refractivity contribution < 1.29 is 14.0 Å². The minimum Gasteiger partial charge on any atom is -0.312 e. The molecule has 0 aliphatic carbocycles. The van der Waals surface area contributed by atoms with Crippen LogP contribution in [-0.4, -0.2) is 24.6 Å². The summed E-state index contributed by atoms with van der Waals surface area (Å²) in [5.41, 5.74) is 5.13. The van der Waals surface area contributed by atoms with Crippen LogP contribution in [0.4, 0.5) is 10.1 Å². The molecule has 2 aromatic carbocycles. The van der Waals surface area contributed by atoms with Crippen molar-refractivity contribution in [3.8, 4) is 0 Å². The summed E-state index contributed by atoms with van der Waals surface area (Å²) in [5, 5.41) is 3.88. The van der Waals surface area contributed by atoms with Gasteiger partial charge in [-0.1, -0.05) is 31.2 Å². The predicted molar refractivity (Wildman–Crippen MR) is 98.4 cm³/mol. The minimum absolute atomic E-state index is 0.0723. The third-order valence-electron chi connectivity index (χ3n) is 4.41. The van der Waals surface area contributed by atoms with Gasteiger partial charge in [-0.25, -0.2) is 9.82 Å². The lowest BCUT2D eigenvalue weighted by molar-refractivity contribution is -0.126. The number of nitrogens with zero attached hydrogens (tertiary/aromatic N) is 2. The Hall–Kier alpha value is -3.02. The average molecular weight is 353 g/mol. The molecule has 0 radical (unpaired) electrons. The summed E-state index contributed by atoms with van der Waals surface area (Å²) in [5.74, 6) is -1.15. The number of anilines is 1. The minimum atomic E-state index is -0.446. The zero-order valence-electron chi connectivity index (χ0n) is 14.5. The first-order chi connectivity index (χ1) is 12.6. The topological polar surface area (TPSA) is 61.8 Å². The molecule has 1 aliphatic heterocycles. The maximum Gasteiger partial charge on any atom is 0.245 e. The fourth-order valence-electron chi connectivity index (χ4n) is 2.85. The van der Waals surface area contributed by atoms with E-state index in [1.165, 1.54) is 23.9 Å². The van der Waals surface area contributed by atoms with Crippen LogP contribution in [0.2, 0.25) is 0 Å². The van der Waals surface area contributed by atoms with Gasteiger partial charge in [0, 0.05) is 18.7 Å². The Bertz CT molecular complexity index is 816. The molecule has 1 heterocycles. The fraction of sp³-hybridized carbons (Fsp3) is 0.250. The summed E-state index contributed by atoms with van der Waals surface area (Å²) in [7, 11) is 0. The quantitative estimate of drug-likeness (QED) is 0.664. The van der Waals surface area contributed by atoms with Gasteiger partial charge >= 0.3 is 0 Å². The molecule has 6 heteroatoms. The van der Waals surface area contributed by atoms with Crippen LogP contribution < -0.4 is 10.3 Å². The number of rotatable bonds is 5. The molecule has 3 rings (SSSR count). The second-order valence-corrected chi connectivity index (χ2v) is 6.21. The highest BCUT2D eigenvalue weighted by atomic mass is 19.1. The van der Waals surface area contributed by atoms with Crippen LogP contribution in [0.3, 0.4) is 0 Å². The number of benzene rings is 2. The summed E-state index contributed by atoms with van der Waals surface area (Å²) >= 11 is 0. The normalized spacial score (nSPS) is 17.1. The molecule has 2 amide bonds. The molecule has 0 unspecified atom stereocenters. The van der Waals surface area contributed by atoms with Crippen molar-refractivity contribution in [2.75, 3.05) is 11.4 Å². The molecule has 5 nitrogen and oxygen atoms in total. The molecular weight excluding hydrogens is 333 g/mol. The first kappa shape index (κ1) is 17.8. The Morgan fingerprint density at radius 2 is 1.92 bits per heavy atom. The van der Waals surface area contributed by atoms with E-state index in [-0.39, 0.29) is 24.1 Å². The maximum atomic E-state index is 12.8. The van der Waals surface area contributed by atoms with Crippen molar-refractivity contribution >= 4 is 23.7 Å². The van der Waals surface area contributed by atoms with Crippen LogP contribution in [0.15, 0.2) is 53.6 Å². The van der Waals surface area contributed by atoms with Crippen LogP contribution in [0.25, 0.3) is 0 Å². The van der Waals surface area contributed by atoms with Gasteiger partial charge in [0.25, 0.3) is 0 Å². The number of nitrogens with one attached hydrogen (secondary N) is 1. The number of hydrogen-bond donors (Lipinski definition) is 1. The van der Waals surface area contributed by atoms with Gasteiger partial charge in [0.1, 0.15) is 5.82 Å². The van der Waals surface area contributed by atoms with Gasteiger partial charge in [0.15, 0.2) is 0 Å². The SMILES string of the molecule is CCc1ccc(N2C[C@@H](C(=O)N/N=C\c3ccc(F)cc3)CC2=O)cc1. The van der Waals surface area contributed by atoms with Crippen LogP contribution in [0.1, 0.15) is 24.5 Å². The molecule has 0 bridgehead atoms. The van der Waals surface area contributed by atoms with E-state index in [0.717, 1.165) is 12.1 Å². The van der Waals surface area contributed by atoms with Gasteiger partial charge in [-0.05, 0) is 41.8 Å².